The molecule has 0 unspecified atom stereocenters. The van der Waals surface area contributed by atoms with Crippen LogP contribution in [-0.2, 0) is 9.53 Å². The van der Waals surface area contributed by atoms with E-state index in [4.69, 9.17) is 4.79 Å². The number of hydrazone groups is 1. The molecular formula is C5H10N4O4. The highest BCUT2D eigenvalue weighted by molar-refractivity contribution is 5.71. The molecule has 0 aromatic carbocycles. The molecule has 0 heterocycles. The van der Waals surface area contributed by atoms with Crippen LogP contribution < -0.4 is 16.9 Å². The Bertz CT molecular complexity index is 211. The van der Waals surface area contributed by atoms with Crippen LogP contribution in [-0.4, -0.2) is 24.8 Å². The first-order valence-corrected chi connectivity index (χ1v) is 3.09. The monoisotopic (exact) mass is 190 g/mol. The molecule has 0 saturated heterocycles. The molecule has 8 heteroatoms. The first-order chi connectivity index (χ1) is 6.04. The number of primary amides is 2. The fourth-order valence-corrected chi connectivity index (χ4v) is 0.220. The van der Waals surface area contributed by atoms with Gasteiger partial charge >= 0.3 is 12.1 Å². The zero-order valence-electron chi connectivity index (χ0n) is 6.94. The lowest BCUT2D eigenvalue weighted by Gasteiger charge is -1.89. The summed E-state index contributed by atoms with van der Waals surface area (Å²) in [6.07, 6.45) is 0.351. The van der Waals surface area contributed by atoms with Crippen LogP contribution in [0.25, 0.3) is 0 Å². The molecule has 0 fully saturated rings. The average Bonchev–Trinajstić information content (AvgIpc) is 2.01. The maximum Gasteiger partial charge on any atom is 0.404 e. The lowest BCUT2D eigenvalue weighted by atomic mass is 10.9. The van der Waals surface area contributed by atoms with E-state index in [9.17, 15) is 9.59 Å². The predicted molar refractivity (Wildman–Crippen MR) is 42.0 cm³/mol. The largest absolute Gasteiger partial charge is 0.450 e. The zero-order valence-corrected chi connectivity index (χ0v) is 6.94. The van der Waals surface area contributed by atoms with Crippen molar-refractivity contribution in [2.75, 3.05) is 6.61 Å². The second-order valence-electron chi connectivity index (χ2n) is 1.43. The molecule has 0 aromatic heterocycles. The molecular weight excluding hydrogens is 180 g/mol. The van der Waals surface area contributed by atoms with Gasteiger partial charge in [0.05, 0.1) is 6.61 Å². The summed E-state index contributed by atoms with van der Waals surface area (Å²) in [5.41, 5.74) is 10.6. The first-order valence-electron chi connectivity index (χ1n) is 3.09. The summed E-state index contributed by atoms with van der Waals surface area (Å²) in [5.74, 6) is 0. The van der Waals surface area contributed by atoms with Gasteiger partial charge in [-0.15, -0.1) is 0 Å². The molecule has 13 heavy (non-hydrogen) atoms. The van der Waals surface area contributed by atoms with Gasteiger partial charge in [-0.05, 0) is 6.92 Å². The van der Waals surface area contributed by atoms with Crippen LogP contribution >= 0.6 is 0 Å². The van der Waals surface area contributed by atoms with E-state index in [1.807, 2.05) is 0 Å². The van der Waals surface area contributed by atoms with E-state index in [1.54, 1.807) is 12.3 Å². The molecule has 5 N–H and O–H groups in total. The maximum atomic E-state index is 9.60. The van der Waals surface area contributed by atoms with Gasteiger partial charge in [0.1, 0.15) is 0 Å². The Balaban J connectivity index is 0. The molecule has 0 rings (SSSR count). The number of amides is 3. The van der Waals surface area contributed by atoms with Gasteiger partial charge in [0.2, 0.25) is 0 Å². The lowest BCUT2D eigenvalue weighted by molar-refractivity contribution is 0.163. The number of urea groups is 1. The average molecular weight is 190 g/mol. The van der Waals surface area contributed by atoms with E-state index in [2.05, 4.69) is 21.3 Å². The summed E-state index contributed by atoms with van der Waals surface area (Å²) < 4.78 is 4.18. The van der Waals surface area contributed by atoms with Gasteiger partial charge in [0.25, 0.3) is 6.08 Å². The van der Waals surface area contributed by atoms with Crippen LogP contribution in [0.1, 0.15) is 6.92 Å². The van der Waals surface area contributed by atoms with Crippen LogP contribution in [0.4, 0.5) is 9.59 Å². The molecule has 0 aliphatic rings. The molecule has 8 nitrogen and oxygen atoms in total. The summed E-state index contributed by atoms with van der Waals surface area (Å²) in [7, 11) is 0. The Kier molecular flexibility index (Phi) is 10.3. The summed E-state index contributed by atoms with van der Waals surface area (Å²) >= 11 is 0. The van der Waals surface area contributed by atoms with Crippen LogP contribution in [0.15, 0.2) is 5.10 Å². The van der Waals surface area contributed by atoms with Crippen molar-refractivity contribution in [1.29, 1.82) is 0 Å². The van der Waals surface area contributed by atoms with Gasteiger partial charge < -0.3 is 16.2 Å². The van der Waals surface area contributed by atoms with Crippen LogP contribution in [0.3, 0.4) is 0 Å². The quantitative estimate of drug-likeness (QED) is 0.292. The minimum Gasteiger partial charge on any atom is -0.450 e. The Hall–Kier alpha value is -2.08. The van der Waals surface area contributed by atoms with Gasteiger partial charge in [-0.3, -0.25) is 0 Å². The number of carbonyl (C=O) groups is 2. The number of nitrogens with one attached hydrogen (secondary N) is 1. The molecule has 74 valence electrons. The highest BCUT2D eigenvalue weighted by Gasteiger charge is 1.82. The van der Waals surface area contributed by atoms with Crippen LogP contribution in [0.5, 0.6) is 0 Å². The second kappa shape index (κ2) is 9.92. The molecule has 0 aliphatic carbocycles. The van der Waals surface area contributed by atoms with Crippen LogP contribution in [0, 0.1) is 0 Å². The van der Waals surface area contributed by atoms with Crippen molar-refractivity contribution in [3.8, 4) is 0 Å². The number of isocyanates is 1. The molecule has 0 saturated carbocycles. The van der Waals surface area contributed by atoms with Crippen molar-refractivity contribution in [3.05, 3.63) is 0 Å². The third-order valence-corrected chi connectivity index (χ3v) is 0.498. The highest BCUT2D eigenvalue weighted by atomic mass is 16.5. The van der Waals surface area contributed by atoms with E-state index in [0.717, 1.165) is 6.08 Å². The van der Waals surface area contributed by atoms with E-state index < -0.39 is 12.1 Å². The molecule has 0 spiro atoms. The lowest BCUT2D eigenvalue weighted by Crippen LogP contribution is -2.23. The number of hydrogen-bond acceptors (Lipinski definition) is 5. The maximum absolute atomic E-state index is 9.60. The number of nitrogens with zero attached hydrogens (tertiary/aromatic N) is 1. The van der Waals surface area contributed by atoms with E-state index in [-0.39, 0.29) is 0 Å². The smallest absolute Gasteiger partial charge is 0.404 e. The van der Waals surface area contributed by atoms with Crippen molar-refractivity contribution in [2.45, 2.75) is 6.92 Å². The summed E-state index contributed by atoms with van der Waals surface area (Å²) in [6, 6.07) is -0.872. The van der Waals surface area contributed by atoms with Gasteiger partial charge in [-0.25, -0.2) is 19.8 Å². The molecule has 0 radical (unpaired) electrons. The third-order valence-electron chi connectivity index (χ3n) is 0.498. The van der Waals surface area contributed by atoms with E-state index in [1.165, 1.54) is 0 Å². The van der Waals surface area contributed by atoms with Gasteiger partial charge in [0.15, 0.2) is 0 Å². The number of nitrogens with two attached hydrogens (primary N) is 2. The van der Waals surface area contributed by atoms with Crippen molar-refractivity contribution in [3.63, 3.8) is 0 Å². The van der Waals surface area contributed by atoms with Gasteiger partial charge in [0, 0.05) is 0 Å². The fourth-order valence-electron chi connectivity index (χ4n) is 0.220. The zero-order chi connectivity index (χ0) is 10.7. The predicted octanol–water partition coefficient (Wildman–Crippen LogP) is -0.993. The number of hydrogen-bond donors (Lipinski definition) is 3. The minimum absolute atomic E-state index is 0.356. The van der Waals surface area contributed by atoms with E-state index in [0.29, 0.717) is 6.61 Å². The molecule has 3 amide bonds. The van der Waals surface area contributed by atoms with Gasteiger partial charge in [-0.2, -0.15) is 0 Å². The third kappa shape index (κ3) is 25.7. The molecule has 0 aliphatic heterocycles. The van der Waals surface area contributed by atoms with Crippen molar-refractivity contribution < 1.29 is 19.1 Å². The fraction of sp³-hybridized carbons (Fsp3) is 0.400. The first kappa shape index (κ1) is 13.5. The minimum atomic E-state index is -0.872. The summed E-state index contributed by atoms with van der Waals surface area (Å²) in [4.78, 5) is 28.3. The normalized spacial score (nSPS) is 6.85. The Morgan fingerprint density at radius 3 is 2.15 bits per heavy atom. The highest BCUT2D eigenvalue weighted by Crippen LogP contribution is 1.66. The number of rotatable bonds is 2. The molecule has 0 bridgehead atoms. The van der Waals surface area contributed by atoms with Crippen LogP contribution in [0.2, 0.25) is 0 Å². The summed E-state index contributed by atoms with van der Waals surface area (Å²) in [6.45, 7) is 2.06. The standard InChI is InChI=1S/C3H7NO2.C2H3N3O2/c1-2-6-3(4)5;3-2(7)5-4-1-6/h2H2,1H3,(H2,4,5);(H3,3,5,7). The molecule has 0 aromatic rings. The Morgan fingerprint density at radius 1 is 1.54 bits per heavy atom. The molecule has 0 atom stereocenters. The van der Waals surface area contributed by atoms with Gasteiger partial charge in [-0.1, -0.05) is 5.10 Å². The Labute approximate surface area is 73.9 Å². The van der Waals surface area contributed by atoms with E-state index >= 15 is 0 Å². The Morgan fingerprint density at radius 2 is 2.08 bits per heavy atom. The number of carbonyl (C=O) groups excluding carboxylic acids is 3. The topological polar surface area (TPSA) is 137 Å². The number of ether oxygens (including phenoxy) is 1. The second-order valence-corrected chi connectivity index (χ2v) is 1.43. The SMILES string of the molecule is CCOC(N)=O.NC(=O)NN=C=O. The summed E-state index contributed by atoms with van der Waals surface area (Å²) in [5, 5.41) is 2.64. The van der Waals surface area contributed by atoms with Crippen molar-refractivity contribution >= 4 is 18.2 Å². The van der Waals surface area contributed by atoms with Crippen molar-refractivity contribution in [2.24, 2.45) is 16.6 Å². The van der Waals surface area contributed by atoms with Crippen molar-refractivity contribution in [1.82, 2.24) is 5.43 Å².